The van der Waals surface area contributed by atoms with Crippen molar-refractivity contribution in [1.82, 2.24) is 0 Å². The summed E-state index contributed by atoms with van der Waals surface area (Å²) < 4.78 is 34.7. The zero-order valence-electron chi connectivity index (χ0n) is 56.9. The number of carbonyl (C=O) groups is 2. The average molecular weight is 1220 g/mol. The molecule has 0 rings (SSSR count). The molecule has 0 saturated carbocycles. The maximum absolute atomic E-state index is 12.9. The summed E-state index contributed by atoms with van der Waals surface area (Å²) in [5.74, 6) is -0.775. The van der Waals surface area contributed by atoms with Crippen LogP contribution in [-0.4, -0.2) is 74.9 Å². The second kappa shape index (κ2) is 66.1. The van der Waals surface area contributed by atoms with Gasteiger partial charge in [0.1, 0.15) is 19.8 Å². The van der Waals surface area contributed by atoms with Gasteiger partial charge in [-0.05, 0) is 57.8 Å². The first-order valence-corrected chi connectivity index (χ1v) is 38.0. The number of carbonyl (C=O) groups excluding carboxylic acids is 2. The maximum Gasteiger partial charge on any atom is 0.472 e. The van der Waals surface area contributed by atoms with Crippen LogP contribution in [0, 0.1) is 0 Å². The zero-order chi connectivity index (χ0) is 61.9. The second-order valence-electron chi connectivity index (χ2n) is 26.0. The van der Waals surface area contributed by atoms with E-state index in [2.05, 4.69) is 74.6 Å². The van der Waals surface area contributed by atoms with E-state index in [9.17, 15) is 19.0 Å². The molecule has 2 atom stereocenters. The normalized spacial score (nSPS) is 13.4. The van der Waals surface area contributed by atoms with Gasteiger partial charge < -0.3 is 18.9 Å². The van der Waals surface area contributed by atoms with E-state index in [1.165, 1.54) is 257 Å². The number of hydrogen-bond donors (Lipinski definition) is 1. The molecule has 9 nitrogen and oxygen atoms in total. The smallest absolute Gasteiger partial charge is 0.462 e. The molecule has 0 aromatic carbocycles. The molecule has 498 valence electrons. The molecule has 0 aliphatic rings. The summed E-state index contributed by atoms with van der Waals surface area (Å²) in [6.07, 6.45) is 87.8. The summed E-state index contributed by atoms with van der Waals surface area (Å²) in [4.78, 5) is 35.9. The molecule has 0 aliphatic carbocycles. The van der Waals surface area contributed by atoms with Crippen molar-refractivity contribution in [2.45, 2.75) is 360 Å². The van der Waals surface area contributed by atoms with E-state index in [-0.39, 0.29) is 25.6 Å². The maximum atomic E-state index is 12.9. The van der Waals surface area contributed by atoms with E-state index < -0.39 is 26.5 Å². The first kappa shape index (κ1) is 82.7. The van der Waals surface area contributed by atoms with Crippen LogP contribution in [-0.2, 0) is 32.7 Å². The summed E-state index contributed by atoms with van der Waals surface area (Å²) in [6.45, 7) is 4.39. The third-order valence-corrected chi connectivity index (χ3v) is 17.3. The van der Waals surface area contributed by atoms with Crippen molar-refractivity contribution in [3.8, 4) is 0 Å². The topological polar surface area (TPSA) is 108 Å². The van der Waals surface area contributed by atoms with Crippen LogP contribution in [0.3, 0.4) is 0 Å². The van der Waals surface area contributed by atoms with Gasteiger partial charge in [-0.25, -0.2) is 4.57 Å². The summed E-state index contributed by atoms with van der Waals surface area (Å²) >= 11 is 0. The number of likely N-dealkylation sites (N-methyl/N-ethyl adjacent to an activating group) is 1. The van der Waals surface area contributed by atoms with Gasteiger partial charge in [-0.1, -0.05) is 344 Å². The summed E-state index contributed by atoms with van der Waals surface area (Å²) in [5.41, 5.74) is 0. The van der Waals surface area contributed by atoms with E-state index >= 15 is 0 Å². The van der Waals surface area contributed by atoms with Crippen LogP contribution in [0.25, 0.3) is 0 Å². The van der Waals surface area contributed by atoms with Gasteiger partial charge in [0.25, 0.3) is 0 Å². The third kappa shape index (κ3) is 70.7. The number of nitrogens with zero attached hydrogens (tertiary/aromatic N) is 1. The monoisotopic (exact) mass is 1220 g/mol. The zero-order valence-corrected chi connectivity index (χ0v) is 57.7. The minimum Gasteiger partial charge on any atom is -0.462 e. The van der Waals surface area contributed by atoms with Crippen LogP contribution in [0.2, 0.25) is 0 Å². The number of rotatable bonds is 68. The highest BCUT2D eigenvalue weighted by atomic mass is 31.2. The Labute approximate surface area is 527 Å². The van der Waals surface area contributed by atoms with Gasteiger partial charge >= 0.3 is 19.8 Å². The molecule has 0 radical (unpaired) electrons. The van der Waals surface area contributed by atoms with Crippen molar-refractivity contribution in [2.75, 3.05) is 47.5 Å². The molecule has 0 heterocycles. The highest BCUT2D eigenvalue weighted by Crippen LogP contribution is 2.43. The molecule has 0 amide bonds. The lowest BCUT2D eigenvalue weighted by Gasteiger charge is -2.24. The van der Waals surface area contributed by atoms with E-state index in [0.717, 1.165) is 64.2 Å². The third-order valence-electron chi connectivity index (χ3n) is 16.3. The summed E-state index contributed by atoms with van der Waals surface area (Å²) in [5, 5.41) is 0. The molecule has 0 aromatic rings. The van der Waals surface area contributed by atoms with Crippen molar-refractivity contribution in [3.63, 3.8) is 0 Å². The van der Waals surface area contributed by atoms with Crippen LogP contribution >= 0.6 is 7.82 Å². The lowest BCUT2D eigenvalue weighted by Crippen LogP contribution is -2.37. The van der Waals surface area contributed by atoms with Crippen molar-refractivity contribution >= 4 is 19.8 Å². The van der Waals surface area contributed by atoms with Gasteiger partial charge in [0.15, 0.2) is 6.10 Å². The SMILES string of the molecule is CC/C=C\C/C=C\C/C=C\C/C=C\C/C=C\CCCCCCCCCCCCCCCCCCCCCCCCCCCC(=O)OC(COC(=O)CCCCCCCCCCCCCCCCCCCCCC)COP(=O)(O)OCC[N+](C)(C)C. The molecule has 0 bridgehead atoms. The lowest BCUT2D eigenvalue weighted by molar-refractivity contribution is -0.870. The molecule has 85 heavy (non-hydrogen) atoms. The van der Waals surface area contributed by atoms with Gasteiger partial charge in [0.05, 0.1) is 27.7 Å². The molecule has 0 aliphatic heterocycles. The number of esters is 2. The van der Waals surface area contributed by atoms with Gasteiger partial charge in [0, 0.05) is 12.8 Å². The number of ether oxygens (including phenoxy) is 2. The molecule has 10 heteroatoms. The number of allylic oxidation sites excluding steroid dienone is 10. The molecular weight excluding hydrogens is 1070 g/mol. The Kier molecular flexibility index (Phi) is 64.4. The molecule has 0 aromatic heterocycles. The first-order valence-electron chi connectivity index (χ1n) is 36.5. The van der Waals surface area contributed by atoms with Crippen LogP contribution in [0.4, 0.5) is 0 Å². The van der Waals surface area contributed by atoms with Crippen molar-refractivity contribution in [2.24, 2.45) is 0 Å². The molecule has 0 saturated heterocycles. The van der Waals surface area contributed by atoms with Crippen LogP contribution < -0.4 is 0 Å². The molecule has 1 N–H and O–H groups in total. The minimum atomic E-state index is -4.39. The Hall–Kier alpha value is -2.29. The molecule has 0 fully saturated rings. The van der Waals surface area contributed by atoms with Crippen molar-refractivity contribution in [3.05, 3.63) is 60.8 Å². The Morgan fingerprint density at radius 3 is 1.00 bits per heavy atom. The van der Waals surface area contributed by atoms with Gasteiger partial charge in [-0.2, -0.15) is 0 Å². The number of quaternary nitrogens is 1. The minimum absolute atomic E-state index is 0.0348. The van der Waals surface area contributed by atoms with Crippen LogP contribution in [0.5, 0.6) is 0 Å². The fourth-order valence-electron chi connectivity index (χ4n) is 10.8. The van der Waals surface area contributed by atoms with Crippen molar-refractivity contribution < 1.29 is 42.1 Å². The molecule has 0 spiro atoms. The number of hydrogen-bond acceptors (Lipinski definition) is 7. The largest absolute Gasteiger partial charge is 0.472 e. The van der Waals surface area contributed by atoms with Gasteiger partial charge in [-0.3, -0.25) is 18.6 Å². The predicted molar refractivity (Wildman–Crippen MR) is 367 cm³/mol. The number of unbranched alkanes of at least 4 members (excludes halogenated alkanes) is 44. The molecule has 2 unspecified atom stereocenters. The first-order chi connectivity index (χ1) is 41.5. The van der Waals surface area contributed by atoms with Crippen molar-refractivity contribution in [1.29, 1.82) is 0 Å². The van der Waals surface area contributed by atoms with Crippen LogP contribution in [0.15, 0.2) is 60.8 Å². The quantitative estimate of drug-likeness (QED) is 0.0211. The number of phosphoric acid groups is 1. The Balaban J connectivity index is 3.89. The predicted octanol–water partition coefficient (Wildman–Crippen LogP) is 23.8. The average Bonchev–Trinajstić information content (AvgIpc) is 3.51. The fourth-order valence-corrected chi connectivity index (χ4v) is 11.5. The Bertz CT molecular complexity index is 1620. The lowest BCUT2D eigenvalue weighted by atomic mass is 10.0. The second-order valence-corrected chi connectivity index (χ2v) is 27.4. The van der Waals surface area contributed by atoms with Crippen LogP contribution in [0.1, 0.15) is 354 Å². The van der Waals surface area contributed by atoms with E-state index in [0.29, 0.717) is 23.9 Å². The highest BCUT2D eigenvalue weighted by molar-refractivity contribution is 7.47. The summed E-state index contributed by atoms with van der Waals surface area (Å²) in [6, 6.07) is 0. The Morgan fingerprint density at radius 1 is 0.376 bits per heavy atom. The van der Waals surface area contributed by atoms with Gasteiger partial charge in [-0.15, -0.1) is 0 Å². The summed E-state index contributed by atoms with van der Waals surface area (Å²) in [7, 11) is 1.50. The Morgan fingerprint density at radius 2 is 0.671 bits per heavy atom. The highest BCUT2D eigenvalue weighted by Gasteiger charge is 2.27. The number of phosphoric ester groups is 1. The fraction of sp³-hybridized carbons (Fsp3) is 0.840. The van der Waals surface area contributed by atoms with Gasteiger partial charge in [0.2, 0.25) is 0 Å². The standard InChI is InChI=1S/C75H140NO8P/c1-6-8-10-12-14-16-18-20-22-24-26-28-29-30-31-32-33-34-35-36-37-38-39-40-41-42-43-44-45-46-47-48-50-52-54-56-58-60-62-64-66-68-75(78)84-73(72-83-85(79,80)82-70-69-76(3,4)5)71-81-74(77)67-65-63-61-59-57-55-53-51-49-27-25-23-21-19-17-15-13-11-9-7-2/h8,10,14,16,20,22,26,28,30-31,73H,6-7,9,11-13,15,17-19,21,23-25,27,29,32-72H2,1-5H3/p+1/b10-8-,16-14-,22-20-,28-26-,31-30-. The van der Waals surface area contributed by atoms with E-state index in [1.807, 2.05) is 21.1 Å². The van der Waals surface area contributed by atoms with E-state index in [4.69, 9.17) is 18.5 Å². The van der Waals surface area contributed by atoms with E-state index in [1.54, 1.807) is 0 Å². The molecular formula is C75H141NO8P+.